The SMILES string of the molecule is Cc1cc(C)c(C(C)(C)CCO)c(OC(=O)CCCC(=O)NC(Cc2ccccc2)C(=O)OC(C)(C)C)c1. The Morgan fingerprint density at radius 3 is 2.24 bits per heavy atom. The number of hydrogen-bond donors (Lipinski definition) is 2. The zero-order valence-electron chi connectivity index (χ0n) is 23.8. The Morgan fingerprint density at radius 1 is 0.974 bits per heavy atom. The van der Waals surface area contributed by atoms with Crippen LogP contribution >= 0.6 is 0 Å². The summed E-state index contributed by atoms with van der Waals surface area (Å²) in [5.41, 5.74) is 2.71. The second-order valence-electron chi connectivity index (χ2n) is 11.5. The van der Waals surface area contributed by atoms with Gasteiger partial charge in [0.2, 0.25) is 5.91 Å². The highest BCUT2D eigenvalue weighted by Crippen LogP contribution is 2.38. The number of aliphatic hydroxyl groups excluding tert-OH is 1. The van der Waals surface area contributed by atoms with E-state index < -0.39 is 23.6 Å². The third kappa shape index (κ3) is 9.93. The molecule has 0 aliphatic rings. The van der Waals surface area contributed by atoms with E-state index in [9.17, 15) is 19.5 Å². The number of hydrogen-bond acceptors (Lipinski definition) is 6. The Morgan fingerprint density at radius 2 is 1.63 bits per heavy atom. The summed E-state index contributed by atoms with van der Waals surface area (Å²) in [5.74, 6) is -0.775. The van der Waals surface area contributed by atoms with Gasteiger partial charge in [0, 0.05) is 31.4 Å². The van der Waals surface area contributed by atoms with Gasteiger partial charge in [0.05, 0.1) is 0 Å². The second kappa shape index (κ2) is 13.6. The van der Waals surface area contributed by atoms with E-state index in [1.54, 1.807) is 20.8 Å². The molecule has 1 amide bonds. The van der Waals surface area contributed by atoms with Gasteiger partial charge in [-0.15, -0.1) is 0 Å². The fourth-order valence-electron chi connectivity index (χ4n) is 4.53. The predicted molar refractivity (Wildman–Crippen MR) is 148 cm³/mol. The minimum absolute atomic E-state index is 0.0252. The van der Waals surface area contributed by atoms with E-state index in [0.717, 1.165) is 22.3 Å². The van der Waals surface area contributed by atoms with Gasteiger partial charge >= 0.3 is 11.9 Å². The van der Waals surface area contributed by atoms with Crippen LogP contribution in [0.2, 0.25) is 0 Å². The maximum absolute atomic E-state index is 12.8. The molecule has 0 radical (unpaired) electrons. The molecule has 2 N–H and O–H groups in total. The van der Waals surface area contributed by atoms with Crippen LogP contribution < -0.4 is 10.1 Å². The number of benzene rings is 2. The molecule has 208 valence electrons. The number of aliphatic hydroxyl groups is 1. The van der Waals surface area contributed by atoms with E-state index in [1.165, 1.54) is 0 Å². The molecule has 38 heavy (non-hydrogen) atoms. The average Bonchev–Trinajstić information content (AvgIpc) is 2.77. The Labute approximate surface area is 226 Å². The van der Waals surface area contributed by atoms with Crippen molar-refractivity contribution >= 4 is 17.8 Å². The molecule has 7 heteroatoms. The molecule has 2 aromatic carbocycles. The third-order valence-electron chi connectivity index (χ3n) is 6.17. The van der Waals surface area contributed by atoms with Crippen molar-refractivity contribution < 1.29 is 29.0 Å². The fourth-order valence-corrected chi connectivity index (χ4v) is 4.53. The Hall–Kier alpha value is -3.19. The molecular weight excluding hydrogens is 482 g/mol. The Balaban J connectivity index is 2.01. The Bertz CT molecular complexity index is 1100. The van der Waals surface area contributed by atoms with E-state index in [2.05, 4.69) is 5.32 Å². The molecule has 0 aliphatic heterocycles. The van der Waals surface area contributed by atoms with Crippen molar-refractivity contribution in [1.82, 2.24) is 5.32 Å². The van der Waals surface area contributed by atoms with E-state index in [4.69, 9.17) is 9.47 Å². The number of aryl methyl sites for hydroxylation is 2. The van der Waals surface area contributed by atoms with Crippen LogP contribution in [-0.4, -0.2) is 41.2 Å². The number of ether oxygens (including phenoxy) is 2. The topological polar surface area (TPSA) is 102 Å². The van der Waals surface area contributed by atoms with Gasteiger partial charge in [-0.25, -0.2) is 4.79 Å². The summed E-state index contributed by atoms with van der Waals surface area (Å²) in [7, 11) is 0. The third-order valence-corrected chi connectivity index (χ3v) is 6.17. The van der Waals surface area contributed by atoms with Crippen molar-refractivity contribution in [3.63, 3.8) is 0 Å². The van der Waals surface area contributed by atoms with Crippen LogP contribution in [-0.2, 0) is 31.0 Å². The summed E-state index contributed by atoms with van der Waals surface area (Å²) in [6, 6.07) is 12.5. The van der Waals surface area contributed by atoms with Crippen LogP contribution in [0.5, 0.6) is 5.75 Å². The van der Waals surface area contributed by atoms with Crippen molar-refractivity contribution in [1.29, 1.82) is 0 Å². The minimum Gasteiger partial charge on any atom is -0.458 e. The van der Waals surface area contributed by atoms with E-state index in [1.807, 2.05) is 70.2 Å². The number of nitrogens with one attached hydrogen (secondary N) is 1. The number of esters is 2. The molecule has 2 rings (SSSR count). The molecule has 0 saturated carbocycles. The number of amides is 1. The lowest BCUT2D eigenvalue weighted by atomic mass is 9.78. The first-order valence-corrected chi connectivity index (χ1v) is 13.2. The van der Waals surface area contributed by atoms with E-state index >= 15 is 0 Å². The van der Waals surface area contributed by atoms with Gasteiger partial charge < -0.3 is 19.9 Å². The van der Waals surface area contributed by atoms with Crippen molar-refractivity contribution in [3.8, 4) is 5.75 Å². The van der Waals surface area contributed by atoms with E-state index in [-0.39, 0.29) is 37.2 Å². The lowest BCUT2D eigenvalue weighted by molar-refractivity contribution is -0.158. The van der Waals surface area contributed by atoms with Gasteiger partial charge in [-0.05, 0) is 75.6 Å². The number of rotatable bonds is 12. The molecule has 2 aromatic rings. The van der Waals surface area contributed by atoms with Crippen LogP contribution in [0.4, 0.5) is 0 Å². The molecule has 0 aliphatic carbocycles. The molecule has 0 heterocycles. The monoisotopic (exact) mass is 525 g/mol. The largest absolute Gasteiger partial charge is 0.458 e. The van der Waals surface area contributed by atoms with Crippen LogP contribution in [0.1, 0.15) is 82.6 Å². The van der Waals surface area contributed by atoms with Gasteiger partial charge in [0.25, 0.3) is 0 Å². The highest BCUT2D eigenvalue weighted by atomic mass is 16.6. The molecule has 7 nitrogen and oxygen atoms in total. The molecule has 1 atom stereocenters. The van der Waals surface area contributed by atoms with E-state index in [0.29, 0.717) is 18.6 Å². The normalized spacial score (nSPS) is 12.5. The summed E-state index contributed by atoms with van der Waals surface area (Å²) < 4.78 is 11.3. The maximum atomic E-state index is 12.8. The van der Waals surface area contributed by atoms with Crippen molar-refractivity contribution in [2.24, 2.45) is 0 Å². The fraction of sp³-hybridized carbons (Fsp3) is 0.516. The Kier molecular flexibility index (Phi) is 11.1. The second-order valence-corrected chi connectivity index (χ2v) is 11.5. The van der Waals surface area contributed by atoms with Gasteiger partial charge in [-0.2, -0.15) is 0 Å². The summed E-state index contributed by atoms with van der Waals surface area (Å²) >= 11 is 0. The van der Waals surface area contributed by atoms with Gasteiger partial charge in [0.1, 0.15) is 17.4 Å². The summed E-state index contributed by atoms with van der Waals surface area (Å²) in [5, 5.41) is 12.3. The van der Waals surface area contributed by atoms with Crippen LogP contribution in [0.3, 0.4) is 0 Å². The summed E-state index contributed by atoms with van der Waals surface area (Å²) in [6.45, 7) is 13.3. The molecule has 0 saturated heterocycles. The van der Waals surface area contributed by atoms with Crippen molar-refractivity contribution in [2.45, 2.75) is 97.6 Å². The molecule has 0 bridgehead atoms. The van der Waals surface area contributed by atoms with Crippen LogP contribution in [0.25, 0.3) is 0 Å². The maximum Gasteiger partial charge on any atom is 0.329 e. The van der Waals surface area contributed by atoms with Gasteiger partial charge in [-0.3, -0.25) is 9.59 Å². The lowest BCUT2D eigenvalue weighted by Gasteiger charge is -2.29. The van der Waals surface area contributed by atoms with Gasteiger partial charge in [0.15, 0.2) is 0 Å². The standard InChI is InChI=1S/C31H43NO6/c1-21-18-22(2)28(31(6,7)16-17-33)25(19-21)37-27(35)15-11-14-26(34)32-24(29(36)38-30(3,4)5)20-23-12-9-8-10-13-23/h8-10,12-13,18-19,24,33H,11,14-17,20H2,1-7H3,(H,32,34). The minimum atomic E-state index is -0.831. The molecule has 1 unspecified atom stereocenters. The molecule has 0 aromatic heterocycles. The first-order valence-electron chi connectivity index (χ1n) is 13.2. The van der Waals surface area contributed by atoms with Crippen molar-refractivity contribution in [3.05, 3.63) is 64.7 Å². The quantitative estimate of drug-likeness (QED) is 0.295. The van der Waals surface area contributed by atoms with Crippen molar-refractivity contribution in [2.75, 3.05) is 6.61 Å². The molecule has 0 spiro atoms. The predicted octanol–water partition coefficient (Wildman–Crippen LogP) is 5.11. The average molecular weight is 526 g/mol. The van der Waals surface area contributed by atoms with Crippen LogP contribution in [0, 0.1) is 13.8 Å². The number of carbonyl (C=O) groups is 3. The molecular formula is C31H43NO6. The van der Waals surface area contributed by atoms with Crippen LogP contribution in [0.15, 0.2) is 42.5 Å². The van der Waals surface area contributed by atoms with Gasteiger partial charge in [-0.1, -0.05) is 50.2 Å². The summed E-state index contributed by atoms with van der Waals surface area (Å²) in [6.07, 6.45) is 1.23. The highest BCUT2D eigenvalue weighted by molar-refractivity contribution is 5.85. The zero-order valence-corrected chi connectivity index (χ0v) is 23.8. The lowest BCUT2D eigenvalue weighted by Crippen LogP contribution is -2.45. The number of carbonyl (C=O) groups excluding carboxylic acids is 3. The highest BCUT2D eigenvalue weighted by Gasteiger charge is 2.28. The summed E-state index contributed by atoms with van der Waals surface area (Å²) in [4.78, 5) is 38.2. The first-order chi connectivity index (χ1) is 17.7. The zero-order chi connectivity index (χ0) is 28.5. The first kappa shape index (κ1) is 31.0. The smallest absolute Gasteiger partial charge is 0.329 e. The molecule has 0 fully saturated rings.